The van der Waals surface area contributed by atoms with Gasteiger partial charge in [-0.3, -0.25) is 4.98 Å². The molecule has 0 aliphatic heterocycles. The first-order valence-corrected chi connectivity index (χ1v) is 7.57. The van der Waals surface area contributed by atoms with Crippen molar-refractivity contribution in [3.05, 3.63) is 58.3 Å². The van der Waals surface area contributed by atoms with Crippen LogP contribution in [0.15, 0.2) is 47.1 Å². The summed E-state index contributed by atoms with van der Waals surface area (Å²) in [6.07, 6.45) is 1.83. The smallest absolute Gasteiger partial charge is 0.0598 e. The topological polar surface area (TPSA) is 16.1 Å². The van der Waals surface area contributed by atoms with Crippen molar-refractivity contribution >= 4 is 37.5 Å². The highest BCUT2D eigenvalue weighted by Gasteiger charge is 2.08. The molecule has 0 saturated heterocycles. The van der Waals surface area contributed by atoms with Gasteiger partial charge >= 0.3 is 0 Å². The zero-order valence-corrected chi connectivity index (χ0v) is 13.3. The summed E-state index contributed by atoms with van der Waals surface area (Å²) in [5.74, 6) is 0. The van der Waals surface area contributed by atoms with E-state index in [-0.39, 0.29) is 0 Å². The molecule has 0 aliphatic carbocycles. The molecule has 0 amide bonds. The standard InChI is InChI=1S/C14H14Br2N2/c1-18(10-13-4-2-3-7-17-13)14-8-12(16)6-5-11(14)9-15/h2-8H,9-10H2,1H3. The minimum absolute atomic E-state index is 0.803. The van der Waals surface area contributed by atoms with Crippen molar-refractivity contribution < 1.29 is 0 Å². The maximum absolute atomic E-state index is 4.36. The SMILES string of the molecule is CN(Cc1ccccn1)c1cc(Br)ccc1CBr. The first-order valence-electron chi connectivity index (χ1n) is 5.66. The molecule has 1 aromatic heterocycles. The summed E-state index contributed by atoms with van der Waals surface area (Å²) in [6.45, 7) is 0.803. The van der Waals surface area contributed by atoms with Crippen molar-refractivity contribution in [1.29, 1.82) is 0 Å². The Morgan fingerprint density at radius 2 is 2.06 bits per heavy atom. The molecule has 2 nitrogen and oxygen atoms in total. The number of rotatable bonds is 4. The second-order valence-electron chi connectivity index (χ2n) is 4.08. The molecule has 0 bridgehead atoms. The molecule has 0 radical (unpaired) electrons. The third kappa shape index (κ3) is 3.33. The highest BCUT2D eigenvalue weighted by Crippen LogP contribution is 2.27. The number of alkyl halides is 1. The average Bonchev–Trinajstić information content (AvgIpc) is 2.40. The summed E-state index contributed by atoms with van der Waals surface area (Å²) >= 11 is 7.05. The van der Waals surface area contributed by atoms with Crippen LogP contribution in [0.5, 0.6) is 0 Å². The highest BCUT2D eigenvalue weighted by molar-refractivity contribution is 9.10. The lowest BCUT2D eigenvalue weighted by molar-refractivity contribution is 0.880. The van der Waals surface area contributed by atoms with Crippen LogP contribution in [0.25, 0.3) is 0 Å². The Balaban J connectivity index is 2.23. The normalized spacial score (nSPS) is 10.4. The van der Waals surface area contributed by atoms with Gasteiger partial charge in [-0.05, 0) is 29.8 Å². The van der Waals surface area contributed by atoms with Gasteiger partial charge in [0.25, 0.3) is 0 Å². The van der Waals surface area contributed by atoms with Gasteiger partial charge in [0.15, 0.2) is 0 Å². The zero-order valence-electron chi connectivity index (χ0n) is 10.1. The van der Waals surface area contributed by atoms with Gasteiger partial charge in [-0.25, -0.2) is 0 Å². The number of pyridine rings is 1. The van der Waals surface area contributed by atoms with Crippen LogP contribution < -0.4 is 4.90 Å². The number of anilines is 1. The summed E-state index contributed by atoms with van der Waals surface area (Å²) in [5, 5.41) is 0.849. The maximum atomic E-state index is 4.36. The fraction of sp³-hybridized carbons (Fsp3) is 0.214. The van der Waals surface area contributed by atoms with Crippen LogP contribution in [0.2, 0.25) is 0 Å². The fourth-order valence-corrected chi connectivity index (χ4v) is 2.65. The van der Waals surface area contributed by atoms with Gasteiger partial charge in [-0.15, -0.1) is 0 Å². The Hall–Kier alpha value is -0.870. The van der Waals surface area contributed by atoms with Crippen LogP contribution in [-0.2, 0) is 11.9 Å². The Morgan fingerprint density at radius 3 is 2.72 bits per heavy atom. The van der Waals surface area contributed by atoms with Crippen molar-refractivity contribution in [2.75, 3.05) is 11.9 Å². The summed E-state index contributed by atoms with van der Waals surface area (Å²) in [5.41, 5.74) is 3.56. The van der Waals surface area contributed by atoms with Crippen molar-refractivity contribution in [2.45, 2.75) is 11.9 Å². The summed E-state index contributed by atoms with van der Waals surface area (Å²) in [6, 6.07) is 12.3. The Kier molecular flexibility index (Phi) is 4.78. The van der Waals surface area contributed by atoms with Gasteiger partial charge in [0.1, 0.15) is 0 Å². The van der Waals surface area contributed by atoms with E-state index in [4.69, 9.17) is 0 Å². The molecule has 1 heterocycles. The summed E-state index contributed by atoms with van der Waals surface area (Å²) in [4.78, 5) is 6.57. The molecule has 0 aliphatic rings. The summed E-state index contributed by atoms with van der Waals surface area (Å²) in [7, 11) is 2.09. The van der Waals surface area contributed by atoms with E-state index >= 15 is 0 Å². The number of benzene rings is 1. The Labute approximate surface area is 124 Å². The lowest BCUT2D eigenvalue weighted by atomic mass is 10.2. The molecular weight excluding hydrogens is 356 g/mol. The molecule has 1 aromatic carbocycles. The van der Waals surface area contributed by atoms with Crippen LogP contribution in [0.4, 0.5) is 5.69 Å². The molecule has 0 N–H and O–H groups in total. The molecule has 0 saturated carbocycles. The molecule has 0 unspecified atom stereocenters. The van der Waals surface area contributed by atoms with Gasteiger partial charge in [-0.2, -0.15) is 0 Å². The van der Waals surface area contributed by atoms with Gasteiger partial charge < -0.3 is 4.90 Å². The van der Waals surface area contributed by atoms with E-state index in [1.165, 1.54) is 11.3 Å². The quantitative estimate of drug-likeness (QED) is 0.743. The third-order valence-electron chi connectivity index (χ3n) is 2.73. The number of hydrogen-bond donors (Lipinski definition) is 0. The van der Waals surface area contributed by atoms with Crippen LogP contribution in [0, 0.1) is 0 Å². The molecule has 18 heavy (non-hydrogen) atoms. The second-order valence-corrected chi connectivity index (χ2v) is 5.56. The molecule has 4 heteroatoms. The monoisotopic (exact) mass is 368 g/mol. The number of nitrogens with zero attached hydrogens (tertiary/aromatic N) is 2. The fourth-order valence-electron chi connectivity index (χ4n) is 1.83. The molecule has 2 rings (SSSR count). The van der Waals surface area contributed by atoms with E-state index in [0.29, 0.717) is 0 Å². The third-order valence-corrected chi connectivity index (χ3v) is 3.83. The van der Waals surface area contributed by atoms with Gasteiger partial charge in [-0.1, -0.05) is 44.0 Å². The predicted octanol–water partition coefficient (Wildman–Crippen LogP) is 4.38. The molecule has 94 valence electrons. The Morgan fingerprint density at radius 1 is 1.22 bits per heavy atom. The lowest BCUT2D eigenvalue weighted by Crippen LogP contribution is -2.18. The minimum atomic E-state index is 0.803. The molecule has 0 spiro atoms. The average molecular weight is 370 g/mol. The highest BCUT2D eigenvalue weighted by atomic mass is 79.9. The number of hydrogen-bond acceptors (Lipinski definition) is 2. The van der Waals surface area contributed by atoms with Gasteiger partial charge in [0, 0.05) is 28.7 Å². The number of aromatic nitrogens is 1. The summed E-state index contributed by atoms with van der Waals surface area (Å²) < 4.78 is 1.09. The van der Waals surface area contributed by atoms with Crippen LogP contribution in [0.1, 0.15) is 11.3 Å². The van der Waals surface area contributed by atoms with Crippen LogP contribution in [-0.4, -0.2) is 12.0 Å². The van der Waals surface area contributed by atoms with Crippen molar-refractivity contribution in [3.63, 3.8) is 0 Å². The predicted molar refractivity (Wildman–Crippen MR) is 83.1 cm³/mol. The second kappa shape index (κ2) is 6.34. The van der Waals surface area contributed by atoms with Crippen LogP contribution >= 0.6 is 31.9 Å². The number of halogens is 2. The minimum Gasteiger partial charge on any atom is -0.368 e. The van der Waals surface area contributed by atoms with Crippen molar-refractivity contribution in [3.8, 4) is 0 Å². The van der Waals surface area contributed by atoms with E-state index < -0.39 is 0 Å². The molecule has 2 aromatic rings. The van der Waals surface area contributed by atoms with Gasteiger partial charge in [0.05, 0.1) is 12.2 Å². The van der Waals surface area contributed by atoms with E-state index in [1.54, 1.807) is 0 Å². The van der Waals surface area contributed by atoms with E-state index in [2.05, 4.69) is 67.0 Å². The lowest BCUT2D eigenvalue weighted by Gasteiger charge is -2.22. The van der Waals surface area contributed by atoms with Crippen molar-refractivity contribution in [1.82, 2.24) is 4.98 Å². The molecule has 0 atom stereocenters. The first-order chi connectivity index (χ1) is 8.70. The molecular formula is C14H14Br2N2. The van der Waals surface area contributed by atoms with E-state index in [1.807, 2.05) is 24.4 Å². The van der Waals surface area contributed by atoms with E-state index in [9.17, 15) is 0 Å². The Bertz CT molecular complexity index is 514. The maximum Gasteiger partial charge on any atom is 0.0598 e. The van der Waals surface area contributed by atoms with Crippen molar-refractivity contribution in [2.24, 2.45) is 0 Å². The van der Waals surface area contributed by atoms with Gasteiger partial charge in [0.2, 0.25) is 0 Å². The van der Waals surface area contributed by atoms with E-state index in [0.717, 1.165) is 22.0 Å². The molecule has 0 fully saturated rings. The zero-order chi connectivity index (χ0) is 13.0. The largest absolute Gasteiger partial charge is 0.368 e. The van der Waals surface area contributed by atoms with Crippen LogP contribution in [0.3, 0.4) is 0 Å². The first kappa shape index (κ1) is 13.6.